The Balaban J connectivity index is 1.38. The zero-order chi connectivity index (χ0) is 24.7. The van der Waals surface area contributed by atoms with Crippen LogP contribution in [0.3, 0.4) is 0 Å². The highest BCUT2D eigenvalue weighted by Crippen LogP contribution is 2.31. The Labute approximate surface area is 197 Å². The first-order chi connectivity index (χ1) is 16.1. The summed E-state index contributed by atoms with van der Waals surface area (Å²) in [7, 11) is -3.75. The van der Waals surface area contributed by atoms with Crippen molar-refractivity contribution in [3.05, 3.63) is 64.2 Å². The van der Waals surface area contributed by atoms with E-state index in [1.165, 1.54) is 18.2 Å². The van der Waals surface area contributed by atoms with Crippen LogP contribution in [-0.4, -0.2) is 51.5 Å². The Morgan fingerprint density at radius 3 is 2.38 bits per heavy atom. The predicted octanol–water partition coefficient (Wildman–Crippen LogP) is 1.36. The second kappa shape index (κ2) is 11.1. The molecular formula is C22H26N4O7S. The van der Waals surface area contributed by atoms with Crippen molar-refractivity contribution < 1.29 is 27.7 Å². The molecule has 182 valence electrons. The highest BCUT2D eigenvalue weighted by Gasteiger charge is 2.29. The molecule has 1 amide bonds. The fourth-order valence-corrected chi connectivity index (χ4v) is 4.26. The molecule has 12 heteroatoms. The number of nitro benzene ring substituents is 1. The molecule has 1 fully saturated rings. The summed E-state index contributed by atoms with van der Waals surface area (Å²) in [6.07, 6.45) is 1.41. The van der Waals surface area contributed by atoms with Crippen LogP contribution in [0, 0.1) is 16.0 Å². The summed E-state index contributed by atoms with van der Waals surface area (Å²) in [5.74, 6) is -1.27. The van der Waals surface area contributed by atoms with Crippen LogP contribution in [0.4, 0.5) is 11.4 Å². The number of carbonyl (C=O) groups excluding carboxylic acids is 2. The van der Waals surface area contributed by atoms with E-state index in [-0.39, 0.29) is 16.5 Å². The number of nitrogens with two attached hydrogens (primary N) is 1. The van der Waals surface area contributed by atoms with Gasteiger partial charge in [-0.3, -0.25) is 19.7 Å². The van der Waals surface area contributed by atoms with Crippen LogP contribution < -0.4 is 15.4 Å². The molecule has 34 heavy (non-hydrogen) atoms. The maximum Gasteiger partial charge on any atom is 0.309 e. The van der Waals surface area contributed by atoms with Gasteiger partial charge in [0.25, 0.3) is 11.6 Å². The summed E-state index contributed by atoms with van der Waals surface area (Å²) in [4.78, 5) is 37.0. The van der Waals surface area contributed by atoms with E-state index in [0.717, 1.165) is 5.56 Å². The minimum absolute atomic E-state index is 0.0139. The zero-order valence-electron chi connectivity index (χ0n) is 18.4. The van der Waals surface area contributed by atoms with Gasteiger partial charge in [-0.15, -0.1) is 0 Å². The molecule has 0 spiro atoms. The number of rotatable bonds is 9. The Kier molecular flexibility index (Phi) is 8.18. The molecule has 0 unspecified atom stereocenters. The molecule has 0 saturated carbocycles. The lowest BCUT2D eigenvalue weighted by Gasteiger charge is -2.32. The SMILES string of the molecule is NS(=O)(=O)c1ccc(CCNC(=O)COC(=O)C2CCN(c3ccccc3[N+](=O)[O-])CC2)cc1. The molecule has 0 aliphatic carbocycles. The van der Waals surface area contributed by atoms with Crippen LogP contribution in [0.1, 0.15) is 18.4 Å². The number of amides is 1. The van der Waals surface area contributed by atoms with E-state index < -0.39 is 33.4 Å². The third-order valence-electron chi connectivity index (χ3n) is 5.58. The molecular weight excluding hydrogens is 464 g/mol. The van der Waals surface area contributed by atoms with Gasteiger partial charge >= 0.3 is 5.97 Å². The second-order valence-electron chi connectivity index (χ2n) is 7.90. The number of hydrogen-bond donors (Lipinski definition) is 2. The number of para-hydroxylation sites is 2. The van der Waals surface area contributed by atoms with Crippen molar-refractivity contribution in [2.24, 2.45) is 11.1 Å². The van der Waals surface area contributed by atoms with E-state index in [0.29, 0.717) is 44.6 Å². The lowest BCUT2D eigenvalue weighted by Crippen LogP contribution is -2.38. The van der Waals surface area contributed by atoms with E-state index in [1.807, 2.05) is 4.90 Å². The van der Waals surface area contributed by atoms with Crippen LogP contribution >= 0.6 is 0 Å². The third-order valence-corrected chi connectivity index (χ3v) is 6.51. The fraction of sp³-hybridized carbons (Fsp3) is 0.364. The number of hydrogen-bond acceptors (Lipinski definition) is 8. The van der Waals surface area contributed by atoms with Gasteiger partial charge in [0.2, 0.25) is 10.0 Å². The molecule has 3 N–H and O–H groups in total. The number of nitrogens with one attached hydrogen (secondary N) is 1. The van der Waals surface area contributed by atoms with Crippen LogP contribution in [0.2, 0.25) is 0 Å². The van der Waals surface area contributed by atoms with Crippen LogP contribution in [0.5, 0.6) is 0 Å². The van der Waals surface area contributed by atoms with Gasteiger partial charge in [0, 0.05) is 25.7 Å². The monoisotopic (exact) mass is 490 g/mol. The van der Waals surface area contributed by atoms with Crippen LogP contribution in [-0.2, 0) is 30.8 Å². The van der Waals surface area contributed by atoms with Gasteiger partial charge in [-0.1, -0.05) is 24.3 Å². The van der Waals surface area contributed by atoms with E-state index in [4.69, 9.17) is 9.88 Å². The van der Waals surface area contributed by atoms with E-state index in [9.17, 15) is 28.1 Å². The van der Waals surface area contributed by atoms with Gasteiger partial charge in [0.15, 0.2) is 6.61 Å². The summed E-state index contributed by atoms with van der Waals surface area (Å²) < 4.78 is 27.7. The van der Waals surface area contributed by atoms with Crippen molar-refractivity contribution in [2.45, 2.75) is 24.2 Å². The predicted molar refractivity (Wildman–Crippen MR) is 124 cm³/mol. The molecule has 0 aromatic heterocycles. The van der Waals surface area contributed by atoms with Crippen molar-refractivity contribution in [1.82, 2.24) is 5.32 Å². The van der Waals surface area contributed by atoms with E-state index >= 15 is 0 Å². The molecule has 0 atom stereocenters. The first-order valence-corrected chi connectivity index (χ1v) is 12.2. The quantitative estimate of drug-likeness (QED) is 0.302. The summed E-state index contributed by atoms with van der Waals surface area (Å²) >= 11 is 0. The molecule has 1 saturated heterocycles. The highest BCUT2D eigenvalue weighted by molar-refractivity contribution is 7.89. The van der Waals surface area contributed by atoms with Crippen molar-refractivity contribution >= 4 is 33.3 Å². The van der Waals surface area contributed by atoms with Crippen molar-refractivity contribution in [1.29, 1.82) is 0 Å². The Morgan fingerprint density at radius 1 is 1.12 bits per heavy atom. The molecule has 0 radical (unpaired) electrons. The molecule has 11 nitrogen and oxygen atoms in total. The lowest BCUT2D eigenvalue weighted by molar-refractivity contribution is -0.384. The number of benzene rings is 2. The normalized spacial score (nSPS) is 14.4. The number of carbonyl (C=O) groups is 2. The highest BCUT2D eigenvalue weighted by atomic mass is 32.2. The Hall–Kier alpha value is -3.51. The smallest absolute Gasteiger partial charge is 0.309 e. The Bertz CT molecular complexity index is 1140. The number of ether oxygens (including phenoxy) is 1. The lowest BCUT2D eigenvalue weighted by atomic mass is 9.96. The first kappa shape index (κ1) is 25.1. The van der Waals surface area contributed by atoms with Gasteiger partial charge in [-0.25, -0.2) is 13.6 Å². The summed E-state index contributed by atoms with van der Waals surface area (Å²) in [6.45, 7) is 0.842. The number of esters is 1. The average molecular weight is 491 g/mol. The van der Waals surface area contributed by atoms with Gasteiger partial charge in [-0.05, 0) is 43.0 Å². The summed E-state index contributed by atoms with van der Waals surface area (Å²) in [5.41, 5.74) is 1.37. The molecule has 1 heterocycles. The zero-order valence-corrected chi connectivity index (χ0v) is 19.2. The van der Waals surface area contributed by atoms with Crippen LogP contribution in [0.15, 0.2) is 53.4 Å². The fourth-order valence-electron chi connectivity index (χ4n) is 3.74. The first-order valence-electron chi connectivity index (χ1n) is 10.7. The van der Waals surface area contributed by atoms with Gasteiger partial charge in [0.1, 0.15) is 5.69 Å². The number of anilines is 1. The maximum atomic E-state index is 12.3. The molecule has 2 aromatic carbocycles. The van der Waals surface area contributed by atoms with Gasteiger partial charge < -0.3 is 15.0 Å². The number of primary sulfonamides is 1. The second-order valence-corrected chi connectivity index (χ2v) is 9.47. The molecule has 2 aromatic rings. The molecule has 3 rings (SSSR count). The van der Waals surface area contributed by atoms with Crippen molar-refractivity contribution in [3.8, 4) is 0 Å². The maximum absolute atomic E-state index is 12.3. The largest absolute Gasteiger partial charge is 0.455 e. The van der Waals surface area contributed by atoms with Crippen LogP contribution in [0.25, 0.3) is 0 Å². The Morgan fingerprint density at radius 2 is 1.76 bits per heavy atom. The topological polar surface area (TPSA) is 162 Å². The minimum atomic E-state index is -3.75. The van der Waals surface area contributed by atoms with Crippen molar-refractivity contribution in [2.75, 3.05) is 31.1 Å². The number of nitrogens with zero attached hydrogens (tertiary/aromatic N) is 2. The minimum Gasteiger partial charge on any atom is -0.455 e. The average Bonchev–Trinajstić information content (AvgIpc) is 2.82. The summed E-state index contributed by atoms with van der Waals surface area (Å²) in [6, 6.07) is 12.5. The standard InChI is InChI=1S/C22H26N4O7S/c23-34(31,32)18-7-5-16(6-8-18)9-12-24-21(27)15-33-22(28)17-10-13-25(14-11-17)19-3-1-2-4-20(19)26(29)30/h1-8,17H,9-15H2,(H,24,27)(H2,23,31,32). The number of sulfonamides is 1. The van der Waals surface area contributed by atoms with Crippen molar-refractivity contribution in [3.63, 3.8) is 0 Å². The summed E-state index contributed by atoms with van der Waals surface area (Å²) in [5, 5.41) is 18.9. The third kappa shape index (κ3) is 6.75. The molecule has 1 aliphatic heterocycles. The van der Waals surface area contributed by atoms with Gasteiger partial charge in [0.05, 0.1) is 15.7 Å². The van der Waals surface area contributed by atoms with E-state index in [1.54, 1.807) is 30.3 Å². The van der Waals surface area contributed by atoms with Gasteiger partial charge in [-0.2, -0.15) is 0 Å². The molecule has 1 aliphatic rings. The number of piperidine rings is 1. The number of nitro groups is 1. The molecule has 0 bridgehead atoms. The van der Waals surface area contributed by atoms with E-state index in [2.05, 4.69) is 5.32 Å².